The zero-order valence-corrected chi connectivity index (χ0v) is 28.6. The van der Waals surface area contributed by atoms with E-state index in [0.717, 1.165) is 57.8 Å². The van der Waals surface area contributed by atoms with Gasteiger partial charge in [0.05, 0.1) is 11.5 Å². The zero-order chi connectivity index (χ0) is 33.1. The topological polar surface area (TPSA) is 127 Å². The Morgan fingerprint density at radius 3 is 2.22 bits per heavy atom. The van der Waals surface area contributed by atoms with E-state index in [4.69, 9.17) is 4.74 Å². The first kappa shape index (κ1) is 33.8. The second-order valence-electron chi connectivity index (χ2n) is 18.4. The van der Waals surface area contributed by atoms with E-state index in [1.54, 1.807) is 0 Å². The summed E-state index contributed by atoms with van der Waals surface area (Å²) >= 11 is 0. The average Bonchev–Trinajstić information content (AvgIpc) is 2.95. The zero-order valence-electron chi connectivity index (χ0n) is 28.6. The summed E-state index contributed by atoms with van der Waals surface area (Å²) in [4.78, 5) is 12.9. The van der Waals surface area contributed by atoms with Crippen LogP contribution in [0.1, 0.15) is 113 Å². The van der Waals surface area contributed by atoms with E-state index < -0.39 is 54.7 Å². The molecule has 7 nitrogen and oxygen atoms in total. The Morgan fingerprint density at radius 1 is 0.911 bits per heavy atom. The van der Waals surface area contributed by atoms with Gasteiger partial charge < -0.3 is 30.3 Å². The number of fused-ring (bicyclic) bond motifs is 7. The van der Waals surface area contributed by atoms with Gasteiger partial charge in [-0.25, -0.2) is 4.39 Å². The van der Waals surface area contributed by atoms with E-state index >= 15 is 0 Å². The molecule has 0 aromatic heterocycles. The van der Waals surface area contributed by atoms with E-state index in [2.05, 4.69) is 54.5 Å². The van der Waals surface area contributed by atoms with E-state index in [0.29, 0.717) is 18.3 Å². The highest BCUT2D eigenvalue weighted by Gasteiger charge is 2.70. The van der Waals surface area contributed by atoms with Crippen molar-refractivity contribution in [3.63, 3.8) is 0 Å². The number of ether oxygens (including phenoxy) is 1. The number of allylic oxidation sites excluding steroid dienone is 2. The van der Waals surface area contributed by atoms with Crippen molar-refractivity contribution < 1.29 is 39.5 Å². The van der Waals surface area contributed by atoms with Gasteiger partial charge in [0.15, 0.2) is 0 Å². The number of hydrogen-bond acceptors (Lipinski definition) is 6. The highest BCUT2D eigenvalue weighted by Crippen LogP contribution is 2.76. The maximum Gasteiger partial charge on any atom is 0.310 e. The monoisotopic (exact) mass is 634 g/mol. The second kappa shape index (κ2) is 10.7. The molecule has 45 heavy (non-hydrogen) atoms. The summed E-state index contributed by atoms with van der Waals surface area (Å²) in [6, 6.07) is 0. The summed E-state index contributed by atoms with van der Waals surface area (Å²) < 4.78 is 19.4. The van der Waals surface area contributed by atoms with Crippen LogP contribution in [0.2, 0.25) is 0 Å². The number of hydrogen-bond donors (Lipinski definition) is 5. The van der Waals surface area contributed by atoms with E-state index in [1.807, 2.05) is 0 Å². The Kier molecular flexibility index (Phi) is 8.06. The number of halogens is 1. The smallest absolute Gasteiger partial charge is 0.310 e. The minimum absolute atomic E-state index is 0.00580. The van der Waals surface area contributed by atoms with Crippen molar-refractivity contribution in [3.8, 4) is 0 Å². The van der Waals surface area contributed by atoms with Crippen LogP contribution in [0.15, 0.2) is 11.6 Å². The molecule has 6 aliphatic rings. The fourth-order valence-electron chi connectivity index (χ4n) is 12.9. The number of aliphatic hydroxyl groups is 4. The van der Waals surface area contributed by atoms with Gasteiger partial charge in [0.2, 0.25) is 0 Å². The first-order chi connectivity index (χ1) is 20.8. The lowest BCUT2D eigenvalue weighted by atomic mass is 9.33. The lowest BCUT2D eigenvalue weighted by molar-refractivity contribution is -0.265. The van der Waals surface area contributed by atoms with Crippen molar-refractivity contribution in [3.05, 3.63) is 11.6 Å². The van der Waals surface area contributed by atoms with E-state index in [-0.39, 0.29) is 38.9 Å². The molecule has 5 N–H and O–H groups in total. The molecule has 5 aliphatic carbocycles. The van der Waals surface area contributed by atoms with E-state index in [1.165, 1.54) is 5.57 Å². The molecule has 1 saturated heterocycles. The third-order valence-corrected chi connectivity index (χ3v) is 15.8. The van der Waals surface area contributed by atoms with Crippen LogP contribution in [-0.2, 0) is 9.53 Å². The van der Waals surface area contributed by atoms with Gasteiger partial charge >= 0.3 is 5.97 Å². The van der Waals surface area contributed by atoms with Gasteiger partial charge in [-0.1, -0.05) is 60.1 Å². The van der Waals surface area contributed by atoms with Crippen molar-refractivity contribution in [1.29, 1.82) is 0 Å². The lowest BCUT2D eigenvalue weighted by Gasteiger charge is -2.71. The van der Waals surface area contributed by atoms with Crippen molar-refractivity contribution in [2.75, 3.05) is 6.67 Å². The largest absolute Gasteiger partial charge is 0.481 e. The number of carboxylic acid groups (broad SMARTS) is 1. The van der Waals surface area contributed by atoms with Crippen LogP contribution in [0.25, 0.3) is 0 Å². The number of aliphatic carboxylic acids is 1. The molecule has 256 valence electrons. The van der Waals surface area contributed by atoms with Crippen LogP contribution < -0.4 is 0 Å². The normalized spacial score (nSPS) is 52.7. The summed E-state index contributed by atoms with van der Waals surface area (Å²) in [5, 5.41) is 53.8. The van der Waals surface area contributed by atoms with Gasteiger partial charge in [-0.05, 0) is 115 Å². The SMILES string of the molecule is CC1(C)CC[C@]2(C(=O)O)CC[C@]3(C)C(=CCC4[C@@]5(C)CC[C@H]([C@H](O)[C@@H]6OC(CF)[C@@H](O)C(O)[C@@H]6O)C(C)(C)C5CC[C@]43C)C2C1. The minimum Gasteiger partial charge on any atom is -0.481 e. The fraction of sp³-hybridized carbons (Fsp3) is 0.919. The first-order valence-corrected chi connectivity index (χ1v) is 17.7. The predicted octanol–water partition coefficient (Wildman–Crippen LogP) is 5.67. The third kappa shape index (κ3) is 4.54. The van der Waals surface area contributed by atoms with Gasteiger partial charge in [-0.2, -0.15) is 0 Å². The molecule has 0 radical (unpaired) electrons. The van der Waals surface area contributed by atoms with Gasteiger partial charge in [0.25, 0.3) is 0 Å². The number of alkyl halides is 1. The predicted molar refractivity (Wildman–Crippen MR) is 169 cm³/mol. The molecule has 1 aliphatic heterocycles. The standard InChI is InChI=1S/C37H59FO7/c1-32(2)14-16-37(31(43)44)17-15-35(6)20(22(37)18-32)8-9-25-34(5)12-10-21(33(3,4)24(34)11-13-36(25,35)7)26(39)30-29(42)28(41)27(40)23(19-38)45-30/h8,21-30,39-42H,9-19H2,1-7H3,(H,43,44)/t21-,22?,23?,24?,25?,26+,27-,28?,29+,30+,34+,35-,36-,37+/m1/s1. The van der Waals surface area contributed by atoms with Crippen molar-refractivity contribution in [1.82, 2.24) is 0 Å². The molecule has 1 heterocycles. The molecular formula is C37H59FO7. The van der Waals surface area contributed by atoms with Gasteiger partial charge in [0, 0.05) is 0 Å². The lowest BCUT2D eigenvalue weighted by Crippen LogP contribution is -2.67. The average molecular weight is 635 g/mol. The fourth-order valence-corrected chi connectivity index (χ4v) is 12.9. The Bertz CT molecular complexity index is 1220. The quantitative estimate of drug-likeness (QED) is 0.252. The maximum atomic E-state index is 13.7. The summed E-state index contributed by atoms with van der Waals surface area (Å²) in [7, 11) is 0. The Balaban J connectivity index is 1.31. The molecule has 8 heteroatoms. The van der Waals surface area contributed by atoms with Crippen molar-refractivity contribution in [2.24, 2.45) is 56.2 Å². The molecule has 5 unspecified atom stereocenters. The molecule has 0 aromatic carbocycles. The highest BCUT2D eigenvalue weighted by molar-refractivity contribution is 5.76. The number of rotatable bonds is 4. The molecule has 6 rings (SSSR count). The van der Waals surface area contributed by atoms with Gasteiger partial charge in [0.1, 0.15) is 37.2 Å². The maximum absolute atomic E-state index is 13.7. The van der Waals surface area contributed by atoms with E-state index in [9.17, 15) is 34.7 Å². The van der Waals surface area contributed by atoms with Crippen LogP contribution in [-0.4, -0.2) is 74.8 Å². The second-order valence-corrected chi connectivity index (χ2v) is 18.4. The van der Waals surface area contributed by atoms with Crippen LogP contribution in [0.4, 0.5) is 4.39 Å². The number of aliphatic hydroxyl groups excluding tert-OH is 4. The van der Waals surface area contributed by atoms with Gasteiger partial charge in [-0.15, -0.1) is 0 Å². The van der Waals surface area contributed by atoms with Crippen molar-refractivity contribution >= 4 is 5.97 Å². The Morgan fingerprint density at radius 2 is 1.58 bits per heavy atom. The van der Waals surface area contributed by atoms with Crippen LogP contribution >= 0.6 is 0 Å². The van der Waals surface area contributed by atoms with Gasteiger partial charge in [-0.3, -0.25) is 4.79 Å². The summed E-state index contributed by atoms with van der Waals surface area (Å²) in [5.41, 5.74) is 0.507. The highest BCUT2D eigenvalue weighted by atomic mass is 19.1. The molecule has 0 bridgehead atoms. The van der Waals surface area contributed by atoms with Crippen molar-refractivity contribution in [2.45, 2.75) is 149 Å². The van der Waals surface area contributed by atoms with Crippen LogP contribution in [0, 0.1) is 56.2 Å². The molecular weight excluding hydrogens is 575 g/mol. The Hall–Kier alpha value is -1.06. The third-order valence-electron chi connectivity index (χ3n) is 15.8. The molecule has 4 saturated carbocycles. The van der Waals surface area contributed by atoms with Crippen LogP contribution in [0.5, 0.6) is 0 Å². The number of carboxylic acids is 1. The summed E-state index contributed by atoms with van der Waals surface area (Å²) in [6.45, 7) is 15.4. The molecule has 0 spiro atoms. The summed E-state index contributed by atoms with van der Waals surface area (Å²) in [5.74, 6) is -0.0683. The minimum atomic E-state index is -1.58. The number of carbonyl (C=O) groups is 1. The molecule has 0 aromatic rings. The van der Waals surface area contributed by atoms with Crippen LogP contribution in [0.3, 0.4) is 0 Å². The molecule has 14 atom stereocenters. The summed E-state index contributed by atoms with van der Waals surface area (Å²) in [6.07, 6.45) is 3.13. The first-order valence-electron chi connectivity index (χ1n) is 17.7. The Labute approximate surface area is 269 Å². The molecule has 5 fully saturated rings. The molecule has 0 amide bonds.